The molecular weight excluding hydrogens is 360 g/mol. The number of halogens is 1. The normalized spacial score (nSPS) is 11.6. The maximum absolute atomic E-state index is 12.3. The largest absolute Gasteiger partial charge is 0.326 e. The minimum atomic E-state index is -3.56. The van der Waals surface area contributed by atoms with Crippen molar-refractivity contribution in [2.75, 3.05) is 4.72 Å². The predicted octanol–water partition coefficient (Wildman–Crippen LogP) is 3.33. The summed E-state index contributed by atoms with van der Waals surface area (Å²) in [4.78, 5) is 1.10. The van der Waals surface area contributed by atoms with Gasteiger partial charge in [0.15, 0.2) is 0 Å². The molecule has 108 valence electrons. The zero-order chi connectivity index (χ0) is 14.8. The van der Waals surface area contributed by atoms with Crippen molar-refractivity contribution < 1.29 is 8.42 Å². The number of hydrogen-bond donors (Lipinski definition) is 2. The van der Waals surface area contributed by atoms with Crippen LogP contribution in [0.5, 0.6) is 0 Å². The lowest BCUT2D eigenvalue weighted by molar-refractivity contribution is 0.601. The van der Waals surface area contributed by atoms with Crippen LogP contribution >= 0.6 is 27.3 Å². The lowest BCUT2D eigenvalue weighted by Gasteiger charge is -2.11. The standard InChI is InChI=1S/C13H15BrN2O2S2/c1-2-9-5-10(14)3-4-13(9)16-20(17,18)12-6-11(7-15)19-8-12/h3-6,8,16H,2,7,15H2,1H3. The van der Waals surface area contributed by atoms with E-state index in [9.17, 15) is 8.42 Å². The molecule has 0 spiro atoms. The minimum Gasteiger partial charge on any atom is -0.326 e. The number of benzene rings is 1. The van der Waals surface area contributed by atoms with Gasteiger partial charge in [-0.3, -0.25) is 4.72 Å². The molecule has 0 saturated heterocycles. The highest BCUT2D eigenvalue weighted by molar-refractivity contribution is 9.10. The molecule has 0 radical (unpaired) electrons. The van der Waals surface area contributed by atoms with E-state index in [0.717, 1.165) is 21.3 Å². The molecule has 20 heavy (non-hydrogen) atoms. The highest BCUT2D eigenvalue weighted by atomic mass is 79.9. The SMILES string of the molecule is CCc1cc(Br)ccc1NS(=O)(=O)c1csc(CN)c1. The van der Waals surface area contributed by atoms with Crippen molar-refractivity contribution in [2.24, 2.45) is 5.73 Å². The van der Waals surface area contributed by atoms with Gasteiger partial charge in [-0.1, -0.05) is 22.9 Å². The third kappa shape index (κ3) is 3.41. The Hall–Kier alpha value is -0.890. The van der Waals surface area contributed by atoms with Gasteiger partial charge in [0.05, 0.1) is 10.6 Å². The summed E-state index contributed by atoms with van der Waals surface area (Å²) in [5.41, 5.74) is 7.06. The highest BCUT2D eigenvalue weighted by Gasteiger charge is 2.17. The Morgan fingerprint density at radius 3 is 2.70 bits per heavy atom. The first kappa shape index (κ1) is 15.5. The van der Waals surface area contributed by atoms with Crippen molar-refractivity contribution in [1.29, 1.82) is 0 Å². The molecule has 3 N–H and O–H groups in total. The molecule has 7 heteroatoms. The van der Waals surface area contributed by atoms with Crippen molar-refractivity contribution >= 4 is 43.0 Å². The Balaban J connectivity index is 2.33. The van der Waals surface area contributed by atoms with Gasteiger partial charge in [0.2, 0.25) is 0 Å². The second kappa shape index (κ2) is 6.26. The number of rotatable bonds is 5. The van der Waals surface area contributed by atoms with Crippen LogP contribution in [-0.2, 0) is 23.0 Å². The van der Waals surface area contributed by atoms with Gasteiger partial charge in [-0.15, -0.1) is 11.3 Å². The number of anilines is 1. The third-order valence-corrected chi connectivity index (χ3v) is 5.78. The Kier molecular flexibility index (Phi) is 4.85. The summed E-state index contributed by atoms with van der Waals surface area (Å²) in [7, 11) is -3.56. The first-order chi connectivity index (χ1) is 9.46. The molecule has 2 aromatic rings. The first-order valence-electron chi connectivity index (χ1n) is 6.05. The molecule has 0 aliphatic heterocycles. The van der Waals surface area contributed by atoms with Gasteiger partial charge in [-0.2, -0.15) is 0 Å². The average Bonchev–Trinajstić information content (AvgIpc) is 2.90. The van der Waals surface area contributed by atoms with Crippen molar-refractivity contribution in [2.45, 2.75) is 24.8 Å². The second-order valence-corrected chi connectivity index (χ2v) is 7.81. The molecule has 0 fully saturated rings. The molecule has 0 aliphatic rings. The fourth-order valence-electron chi connectivity index (χ4n) is 1.77. The van der Waals surface area contributed by atoms with Crippen LogP contribution in [0.4, 0.5) is 5.69 Å². The van der Waals surface area contributed by atoms with Crippen LogP contribution in [-0.4, -0.2) is 8.42 Å². The van der Waals surface area contributed by atoms with Gasteiger partial charge in [0.1, 0.15) is 0 Å². The predicted molar refractivity (Wildman–Crippen MR) is 86.5 cm³/mol. The molecule has 0 saturated carbocycles. The van der Waals surface area contributed by atoms with Gasteiger partial charge in [0, 0.05) is 21.3 Å². The molecule has 2 rings (SSSR count). The number of aryl methyl sites for hydroxylation is 1. The Bertz CT molecular complexity index is 711. The third-order valence-electron chi connectivity index (χ3n) is 2.83. The molecule has 1 aromatic heterocycles. The van der Waals surface area contributed by atoms with Crippen molar-refractivity contribution in [3.05, 3.63) is 44.6 Å². The number of nitrogens with one attached hydrogen (secondary N) is 1. The summed E-state index contributed by atoms with van der Waals surface area (Å²) in [6, 6.07) is 7.10. The van der Waals surface area contributed by atoms with E-state index in [1.807, 2.05) is 19.1 Å². The Morgan fingerprint density at radius 2 is 2.10 bits per heavy atom. The van der Waals surface area contributed by atoms with E-state index < -0.39 is 10.0 Å². The highest BCUT2D eigenvalue weighted by Crippen LogP contribution is 2.26. The lowest BCUT2D eigenvalue weighted by atomic mass is 10.1. The molecule has 0 amide bonds. The van der Waals surface area contributed by atoms with Gasteiger partial charge in [-0.05, 0) is 36.2 Å². The number of thiophene rings is 1. The lowest BCUT2D eigenvalue weighted by Crippen LogP contribution is -2.13. The van der Waals surface area contributed by atoms with Crippen molar-refractivity contribution in [3.8, 4) is 0 Å². The van der Waals surface area contributed by atoms with Crippen LogP contribution in [0.3, 0.4) is 0 Å². The van der Waals surface area contributed by atoms with Gasteiger partial charge < -0.3 is 5.73 Å². The van der Waals surface area contributed by atoms with Crippen molar-refractivity contribution in [1.82, 2.24) is 0 Å². The van der Waals surface area contributed by atoms with Crippen LogP contribution in [0, 0.1) is 0 Å². The monoisotopic (exact) mass is 374 g/mol. The summed E-state index contributed by atoms with van der Waals surface area (Å²) in [5, 5.41) is 1.61. The summed E-state index contributed by atoms with van der Waals surface area (Å²) < 4.78 is 28.2. The fraction of sp³-hybridized carbons (Fsp3) is 0.231. The van der Waals surface area contributed by atoms with E-state index in [1.165, 1.54) is 11.3 Å². The van der Waals surface area contributed by atoms with Crippen molar-refractivity contribution in [3.63, 3.8) is 0 Å². The zero-order valence-corrected chi connectivity index (χ0v) is 14.1. The van der Waals surface area contributed by atoms with E-state index in [-0.39, 0.29) is 4.90 Å². The Labute approximate surface area is 131 Å². The smallest absolute Gasteiger partial charge is 0.262 e. The molecule has 1 aromatic carbocycles. The Morgan fingerprint density at radius 1 is 1.35 bits per heavy atom. The molecule has 0 unspecified atom stereocenters. The van der Waals surface area contributed by atoms with Crippen LogP contribution in [0.2, 0.25) is 0 Å². The van der Waals surface area contributed by atoms with Crippen LogP contribution < -0.4 is 10.5 Å². The number of hydrogen-bond acceptors (Lipinski definition) is 4. The molecule has 0 aliphatic carbocycles. The van der Waals surface area contributed by atoms with E-state index >= 15 is 0 Å². The molecule has 0 bridgehead atoms. The van der Waals surface area contributed by atoms with E-state index in [1.54, 1.807) is 17.5 Å². The minimum absolute atomic E-state index is 0.257. The van der Waals surface area contributed by atoms with Gasteiger partial charge >= 0.3 is 0 Å². The fourth-order valence-corrected chi connectivity index (χ4v) is 4.43. The quantitative estimate of drug-likeness (QED) is 0.842. The van der Waals surface area contributed by atoms with Crippen LogP contribution in [0.15, 0.2) is 39.0 Å². The topological polar surface area (TPSA) is 72.2 Å². The van der Waals surface area contributed by atoms with Gasteiger partial charge in [-0.25, -0.2) is 8.42 Å². The van der Waals surface area contributed by atoms with E-state index in [0.29, 0.717) is 12.2 Å². The summed E-state index contributed by atoms with van der Waals surface area (Å²) in [6.45, 7) is 2.33. The van der Waals surface area contributed by atoms with Crippen LogP contribution in [0.1, 0.15) is 17.4 Å². The summed E-state index contributed by atoms with van der Waals surface area (Å²) in [6.07, 6.45) is 0.745. The second-order valence-electron chi connectivity index (χ2n) is 4.21. The summed E-state index contributed by atoms with van der Waals surface area (Å²) in [5.74, 6) is 0. The molecule has 4 nitrogen and oxygen atoms in total. The number of sulfonamides is 1. The average molecular weight is 375 g/mol. The number of nitrogens with two attached hydrogens (primary N) is 1. The maximum atomic E-state index is 12.3. The molecular formula is C13H15BrN2O2S2. The molecule has 1 heterocycles. The maximum Gasteiger partial charge on any atom is 0.262 e. The first-order valence-corrected chi connectivity index (χ1v) is 9.20. The van der Waals surface area contributed by atoms with E-state index in [4.69, 9.17) is 5.73 Å². The molecule has 0 atom stereocenters. The van der Waals surface area contributed by atoms with Gasteiger partial charge in [0.25, 0.3) is 10.0 Å². The van der Waals surface area contributed by atoms with E-state index in [2.05, 4.69) is 20.7 Å². The summed E-state index contributed by atoms with van der Waals surface area (Å²) >= 11 is 4.73. The zero-order valence-electron chi connectivity index (χ0n) is 10.9. The van der Waals surface area contributed by atoms with Crippen LogP contribution in [0.25, 0.3) is 0 Å².